The molecule has 1 N–H and O–H groups in total. The maximum absolute atomic E-state index is 5.03. The lowest BCUT2D eigenvalue weighted by Crippen LogP contribution is -2.21. The van der Waals surface area contributed by atoms with Crippen molar-refractivity contribution in [3.05, 3.63) is 24.4 Å². The van der Waals surface area contributed by atoms with Gasteiger partial charge < -0.3 is 10.1 Å². The Morgan fingerprint density at radius 2 is 2.40 bits per heavy atom. The van der Waals surface area contributed by atoms with Crippen molar-refractivity contribution in [2.24, 2.45) is 0 Å². The number of fused-ring (bicyclic) bond motifs is 1. The minimum atomic E-state index is 0.201. The predicted molar refractivity (Wildman–Crippen MR) is 57.9 cm³/mol. The Kier molecular flexibility index (Phi) is 2.82. The fourth-order valence-electron chi connectivity index (χ4n) is 1.40. The summed E-state index contributed by atoms with van der Waals surface area (Å²) in [6, 6.07) is 5.97. The molecular formula is C10H14N4O. The zero-order valence-corrected chi connectivity index (χ0v) is 8.84. The van der Waals surface area contributed by atoms with E-state index in [1.54, 1.807) is 11.6 Å². The molecule has 15 heavy (non-hydrogen) atoms. The van der Waals surface area contributed by atoms with Gasteiger partial charge in [-0.05, 0) is 19.1 Å². The van der Waals surface area contributed by atoms with Gasteiger partial charge in [0.05, 0.1) is 6.61 Å². The van der Waals surface area contributed by atoms with E-state index in [2.05, 4.69) is 15.4 Å². The zero-order chi connectivity index (χ0) is 10.7. The molecule has 0 saturated heterocycles. The molecule has 2 aromatic rings. The highest BCUT2D eigenvalue weighted by Gasteiger charge is 2.05. The fourth-order valence-corrected chi connectivity index (χ4v) is 1.40. The molecule has 0 saturated carbocycles. The molecule has 0 fully saturated rings. The van der Waals surface area contributed by atoms with E-state index >= 15 is 0 Å². The van der Waals surface area contributed by atoms with Gasteiger partial charge >= 0.3 is 0 Å². The van der Waals surface area contributed by atoms with Gasteiger partial charge in [-0.1, -0.05) is 6.07 Å². The van der Waals surface area contributed by atoms with E-state index in [-0.39, 0.29) is 6.04 Å². The van der Waals surface area contributed by atoms with Crippen molar-refractivity contribution in [1.82, 2.24) is 14.6 Å². The van der Waals surface area contributed by atoms with E-state index in [9.17, 15) is 0 Å². The molecule has 0 aliphatic heterocycles. The van der Waals surface area contributed by atoms with Crippen LogP contribution in [0.5, 0.6) is 0 Å². The molecule has 0 spiro atoms. The van der Waals surface area contributed by atoms with Crippen LogP contribution in [0.25, 0.3) is 5.65 Å². The van der Waals surface area contributed by atoms with Gasteiger partial charge in [0.1, 0.15) is 0 Å². The van der Waals surface area contributed by atoms with E-state index in [0.717, 1.165) is 5.65 Å². The van der Waals surface area contributed by atoms with Gasteiger partial charge in [0, 0.05) is 19.3 Å². The molecule has 2 heterocycles. The molecule has 0 amide bonds. The number of aromatic nitrogens is 3. The van der Waals surface area contributed by atoms with Crippen LogP contribution in [0.4, 0.5) is 5.95 Å². The highest BCUT2D eigenvalue weighted by Crippen LogP contribution is 2.05. The third-order valence-corrected chi connectivity index (χ3v) is 2.03. The van der Waals surface area contributed by atoms with Crippen LogP contribution in [0.2, 0.25) is 0 Å². The average molecular weight is 206 g/mol. The molecule has 0 aliphatic rings. The van der Waals surface area contributed by atoms with Crippen LogP contribution in [-0.2, 0) is 4.74 Å². The van der Waals surface area contributed by atoms with E-state index in [1.165, 1.54) is 0 Å². The Morgan fingerprint density at radius 3 is 3.13 bits per heavy atom. The smallest absolute Gasteiger partial charge is 0.243 e. The Bertz CT molecular complexity index is 407. The number of pyridine rings is 1. The lowest BCUT2D eigenvalue weighted by atomic mass is 10.4. The summed E-state index contributed by atoms with van der Waals surface area (Å²) in [4.78, 5) is 4.32. The lowest BCUT2D eigenvalue weighted by Gasteiger charge is -2.09. The van der Waals surface area contributed by atoms with Crippen molar-refractivity contribution in [2.75, 3.05) is 19.0 Å². The summed E-state index contributed by atoms with van der Waals surface area (Å²) >= 11 is 0. The quantitative estimate of drug-likeness (QED) is 0.816. The largest absolute Gasteiger partial charge is 0.383 e. The monoisotopic (exact) mass is 206 g/mol. The van der Waals surface area contributed by atoms with Gasteiger partial charge in [-0.3, -0.25) is 0 Å². The van der Waals surface area contributed by atoms with Crippen LogP contribution in [0.15, 0.2) is 24.4 Å². The first-order chi connectivity index (χ1) is 7.29. The first-order valence-electron chi connectivity index (χ1n) is 4.86. The topological polar surface area (TPSA) is 51.5 Å². The molecule has 0 aliphatic carbocycles. The summed E-state index contributed by atoms with van der Waals surface area (Å²) in [5.74, 6) is 0.630. The minimum absolute atomic E-state index is 0.201. The maximum Gasteiger partial charge on any atom is 0.243 e. The van der Waals surface area contributed by atoms with Gasteiger partial charge in [0.15, 0.2) is 5.65 Å². The molecular weight excluding hydrogens is 192 g/mol. The Balaban J connectivity index is 2.15. The number of nitrogens with one attached hydrogen (secondary N) is 1. The molecule has 2 aromatic heterocycles. The average Bonchev–Trinajstić information content (AvgIpc) is 2.59. The third kappa shape index (κ3) is 2.24. The van der Waals surface area contributed by atoms with Crippen molar-refractivity contribution >= 4 is 11.6 Å². The van der Waals surface area contributed by atoms with E-state index < -0.39 is 0 Å². The van der Waals surface area contributed by atoms with Gasteiger partial charge in [-0.25, -0.2) is 4.52 Å². The van der Waals surface area contributed by atoms with Gasteiger partial charge in [-0.15, -0.1) is 5.10 Å². The summed E-state index contributed by atoms with van der Waals surface area (Å²) in [6.07, 6.45) is 1.87. The zero-order valence-electron chi connectivity index (χ0n) is 8.84. The van der Waals surface area contributed by atoms with Crippen LogP contribution < -0.4 is 5.32 Å². The van der Waals surface area contributed by atoms with Crippen LogP contribution in [0.3, 0.4) is 0 Å². The van der Waals surface area contributed by atoms with E-state index in [1.807, 2.05) is 31.3 Å². The molecule has 0 aromatic carbocycles. The minimum Gasteiger partial charge on any atom is -0.383 e. The van der Waals surface area contributed by atoms with Gasteiger partial charge in [0.25, 0.3) is 0 Å². The Labute approximate surface area is 88.1 Å². The second kappa shape index (κ2) is 4.27. The maximum atomic E-state index is 5.03. The van der Waals surface area contributed by atoms with Crippen molar-refractivity contribution in [1.29, 1.82) is 0 Å². The number of hydrogen-bond acceptors (Lipinski definition) is 4. The Hall–Kier alpha value is -1.62. The van der Waals surface area contributed by atoms with Crippen molar-refractivity contribution in [3.8, 4) is 0 Å². The molecule has 80 valence electrons. The molecule has 0 radical (unpaired) electrons. The van der Waals surface area contributed by atoms with Crippen LogP contribution >= 0.6 is 0 Å². The second-order valence-corrected chi connectivity index (χ2v) is 3.44. The lowest BCUT2D eigenvalue weighted by molar-refractivity contribution is 0.190. The number of nitrogens with zero attached hydrogens (tertiary/aromatic N) is 3. The van der Waals surface area contributed by atoms with E-state index in [4.69, 9.17) is 4.74 Å². The normalized spacial score (nSPS) is 12.9. The second-order valence-electron chi connectivity index (χ2n) is 3.44. The summed E-state index contributed by atoms with van der Waals surface area (Å²) in [6.45, 7) is 2.66. The van der Waals surface area contributed by atoms with Crippen molar-refractivity contribution < 1.29 is 4.74 Å². The third-order valence-electron chi connectivity index (χ3n) is 2.03. The number of hydrogen-bond donors (Lipinski definition) is 1. The standard InChI is InChI=1S/C10H14N4O/c1-8(7-15-2)11-10-12-9-5-3-4-6-14(9)13-10/h3-6,8H,7H2,1-2H3,(H,11,13). The van der Waals surface area contributed by atoms with Crippen molar-refractivity contribution in [2.45, 2.75) is 13.0 Å². The van der Waals surface area contributed by atoms with Crippen molar-refractivity contribution in [3.63, 3.8) is 0 Å². The number of anilines is 1. The van der Waals surface area contributed by atoms with Crippen LogP contribution in [0, 0.1) is 0 Å². The predicted octanol–water partition coefficient (Wildman–Crippen LogP) is 1.18. The highest BCUT2D eigenvalue weighted by molar-refractivity contribution is 5.43. The highest BCUT2D eigenvalue weighted by atomic mass is 16.5. The summed E-state index contributed by atoms with van der Waals surface area (Å²) < 4.78 is 6.76. The van der Waals surface area contributed by atoms with Crippen LogP contribution in [0.1, 0.15) is 6.92 Å². The fraction of sp³-hybridized carbons (Fsp3) is 0.400. The summed E-state index contributed by atoms with van der Waals surface area (Å²) in [5.41, 5.74) is 0.838. The number of methoxy groups -OCH3 is 1. The number of ether oxygens (including phenoxy) is 1. The first kappa shape index (κ1) is 9.92. The van der Waals surface area contributed by atoms with E-state index in [0.29, 0.717) is 12.6 Å². The first-order valence-corrected chi connectivity index (χ1v) is 4.86. The molecule has 1 atom stereocenters. The molecule has 5 nitrogen and oxygen atoms in total. The molecule has 5 heteroatoms. The SMILES string of the molecule is COCC(C)Nc1nc2ccccn2n1. The summed E-state index contributed by atoms with van der Waals surface area (Å²) in [5, 5.41) is 7.44. The van der Waals surface area contributed by atoms with Gasteiger partial charge in [0.2, 0.25) is 5.95 Å². The summed E-state index contributed by atoms with van der Waals surface area (Å²) in [7, 11) is 1.68. The van der Waals surface area contributed by atoms with Crippen LogP contribution in [-0.4, -0.2) is 34.4 Å². The molecule has 1 unspecified atom stereocenters. The number of rotatable bonds is 4. The Morgan fingerprint density at radius 1 is 1.53 bits per heavy atom. The molecule has 0 bridgehead atoms. The van der Waals surface area contributed by atoms with Gasteiger partial charge in [-0.2, -0.15) is 4.98 Å². The molecule has 2 rings (SSSR count).